The van der Waals surface area contributed by atoms with E-state index in [9.17, 15) is 18.3 Å². The van der Waals surface area contributed by atoms with Gasteiger partial charge in [0.25, 0.3) is 0 Å². The van der Waals surface area contributed by atoms with Gasteiger partial charge in [0.15, 0.2) is 5.01 Å². The second-order valence-electron chi connectivity index (χ2n) is 4.60. The number of thiazole rings is 1. The first-order chi connectivity index (χ1) is 9.18. The van der Waals surface area contributed by atoms with Gasteiger partial charge in [-0.2, -0.15) is 13.2 Å². The Balaban J connectivity index is 2.21. The van der Waals surface area contributed by atoms with E-state index < -0.39 is 16.8 Å². The molecule has 20 heavy (non-hydrogen) atoms. The van der Waals surface area contributed by atoms with Gasteiger partial charge in [0.05, 0.1) is 4.88 Å². The lowest BCUT2D eigenvalue weighted by Gasteiger charge is -2.21. The fourth-order valence-electron chi connectivity index (χ4n) is 1.74. The molecule has 7 heteroatoms. The van der Waals surface area contributed by atoms with Gasteiger partial charge in [0.2, 0.25) is 0 Å². The van der Waals surface area contributed by atoms with E-state index in [-0.39, 0.29) is 11.3 Å². The summed E-state index contributed by atoms with van der Waals surface area (Å²) in [5.41, 5.74) is -0.546. The van der Waals surface area contributed by atoms with Gasteiger partial charge >= 0.3 is 6.18 Å². The summed E-state index contributed by atoms with van der Waals surface area (Å²) in [7, 11) is 0. The van der Waals surface area contributed by atoms with E-state index >= 15 is 0 Å². The molecule has 0 spiro atoms. The maximum Gasteiger partial charge on any atom is 0.443 e. The molecule has 1 atom stereocenters. The van der Waals surface area contributed by atoms with Crippen LogP contribution in [0.5, 0.6) is 0 Å². The Hall–Kier alpha value is -0.920. The van der Waals surface area contributed by atoms with Crippen molar-refractivity contribution in [1.82, 2.24) is 4.98 Å². The van der Waals surface area contributed by atoms with E-state index in [0.29, 0.717) is 11.3 Å². The summed E-state index contributed by atoms with van der Waals surface area (Å²) in [5.74, 6) is 0. The number of rotatable bonds is 3. The zero-order chi connectivity index (χ0) is 15.0. The highest BCUT2D eigenvalue weighted by molar-refractivity contribution is 9.10. The van der Waals surface area contributed by atoms with Crippen molar-refractivity contribution in [3.8, 4) is 0 Å². The van der Waals surface area contributed by atoms with Crippen molar-refractivity contribution < 1.29 is 18.3 Å². The molecule has 2 nitrogen and oxygen atoms in total. The molecular weight excluding hydrogens is 355 g/mol. The third kappa shape index (κ3) is 3.59. The van der Waals surface area contributed by atoms with Crippen LogP contribution in [-0.4, -0.2) is 10.1 Å². The molecule has 0 aliphatic carbocycles. The molecule has 0 bridgehead atoms. The zero-order valence-electron chi connectivity index (χ0n) is 10.4. The first-order valence-corrected chi connectivity index (χ1v) is 7.30. The second kappa shape index (κ2) is 5.46. The van der Waals surface area contributed by atoms with Crippen molar-refractivity contribution in [2.75, 3.05) is 0 Å². The van der Waals surface area contributed by atoms with Crippen LogP contribution in [0.25, 0.3) is 0 Å². The first-order valence-electron chi connectivity index (χ1n) is 5.69. The zero-order valence-corrected chi connectivity index (χ0v) is 12.8. The van der Waals surface area contributed by atoms with Crippen molar-refractivity contribution in [2.45, 2.75) is 25.1 Å². The molecule has 0 saturated carbocycles. The predicted molar refractivity (Wildman–Crippen MR) is 74.5 cm³/mol. The Kier molecular flexibility index (Phi) is 4.22. The Morgan fingerprint density at radius 3 is 2.35 bits per heavy atom. The maximum atomic E-state index is 12.5. The minimum atomic E-state index is -4.48. The summed E-state index contributed by atoms with van der Waals surface area (Å²) in [6, 6.07) is 7.26. The first kappa shape index (κ1) is 15.5. The number of hydrogen-bond donors (Lipinski definition) is 1. The van der Waals surface area contributed by atoms with Crippen LogP contribution in [0.4, 0.5) is 13.2 Å². The van der Waals surface area contributed by atoms with Crippen molar-refractivity contribution >= 4 is 27.3 Å². The number of aliphatic hydroxyl groups is 1. The summed E-state index contributed by atoms with van der Waals surface area (Å²) in [5, 5.41) is 9.44. The molecule has 0 fully saturated rings. The number of aromatic nitrogens is 1. The monoisotopic (exact) mass is 365 g/mol. The lowest BCUT2D eigenvalue weighted by molar-refractivity contribution is -0.137. The Labute approximate surface area is 126 Å². The minimum Gasteiger partial charge on any atom is -0.384 e. The average Bonchev–Trinajstić information content (AvgIpc) is 2.82. The van der Waals surface area contributed by atoms with Crippen LogP contribution in [-0.2, 0) is 18.2 Å². The third-order valence-corrected chi connectivity index (χ3v) is 4.56. The van der Waals surface area contributed by atoms with E-state index in [1.807, 2.05) is 24.3 Å². The molecule has 0 radical (unpaired) electrons. The largest absolute Gasteiger partial charge is 0.443 e. The van der Waals surface area contributed by atoms with Gasteiger partial charge in [-0.1, -0.05) is 28.1 Å². The number of nitrogens with zero attached hydrogens (tertiary/aromatic N) is 1. The van der Waals surface area contributed by atoms with Gasteiger partial charge < -0.3 is 5.11 Å². The number of hydrogen-bond acceptors (Lipinski definition) is 3. The Bertz CT molecular complexity index is 592. The van der Waals surface area contributed by atoms with E-state index in [1.54, 1.807) is 0 Å². The summed E-state index contributed by atoms with van der Waals surface area (Å²) in [4.78, 5) is 3.54. The lowest BCUT2D eigenvalue weighted by atomic mass is 9.95. The van der Waals surface area contributed by atoms with Crippen LogP contribution in [0, 0.1) is 0 Å². The number of halogens is 4. The topological polar surface area (TPSA) is 33.1 Å². The fraction of sp³-hybridized carbons (Fsp3) is 0.308. The highest BCUT2D eigenvalue weighted by atomic mass is 79.9. The summed E-state index contributed by atoms with van der Waals surface area (Å²) in [6.07, 6.45) is -3.16. The van der Waals surface area contributed by atoms with Crippen LogP contribution in [0.15, 0.2) is 34.9 Å². The van der Waals surface area contributed by atoms with Gasteiger partial charge in [-0.15, -0.1) is 11.3 Å². The normalized spacial score (nSPS) is 15.1. The van der Waals surface area contributed by atoms with Crippen LogP contribution in [0.3, 0.4) is 0 Å². The Morgan fingerprint density at radius 2 is 1.85 bits per heavy atom. The fourth-order valence-corrected chi connectivity index (χ4v) is 2.83. The van der Waals surface area contributed by atoms with E-state index in [2.05, 4.69) is 20.9 Å². The molecule has 0 aliphatic rings. The average molecular weight is 366 g/mol. The molecule has 108 valence electrons. The van der Waals surface area contributed by atoms with Crippen molar-refractivity contribution in [3.63, 3.8) is 0 Å². The molecule has 1 unspecified atom stereocenters. The summed E-state index contributed by atoms with van der Waals surface area (Å²) < 4.78 is 38.5. The highest BCUT2D eigenvalue weighted by Crippen LogP contribution is 2.37. The minimum absolute atomic E-state index is 0.202. The van der Waals surface area contributed by atoms with E-state index in [0.717, 1.165) is 16.2 Å². The molecule has 1 heterocycles. The van der Waals surface area contributed by atoms with Crippen LogP contribution >= 0.6 is 27.3 Å². The molecule has 0 amide bonds. The molecular formula is C13H11BrF3NOS. The third-order valence-electron chi connectivity index (χ3n) is 2.74. The molecule has 0 aliphatic heterocycles. The standard InChI is InChI=1S/C13H11BrF3NOS/c1-12(19,6-8-2-4-9(14)5-3-8)10-7-18-11(20-10)13(15,16)17/h2-5,7,19H,6H2,1H3. The molecule has 1 N–H and O–H groups in total. The van der Waals surface area contributed by atoms with Crippen LogP contribution in [0.1, 0.15) is 22.4 Å². The molecule has 0 saturated heterocycles. The van der Waals surface area contributed by atoms with E-state index in [4.69, 9.17) is 0 Å². The predicted octanol–water partition coefficient (Wildman–Crippen LogP) is 4.37. The number of benzene rings is 1. The van der Waals surface area contributed by atoms with Gasteiger partial charge in [0, 0.05) is 17.1 Å². The second-order valence-corrected chi connectivity index (χ2v) is 6.55. The van der Waals surface area contributed by atoms with Crippen molar-refractivity contribution in [2.24, 2.45) is 0 Å². The van der Waals surface area contributed by atoms with Gasteiger partial charge in [-0.3, -0.25) is 0 Å². The van der Waals surface area contributed by atoms with E-state index in [1.165, 1.54) is 6.92 Å². The van der Waals surface area contributed by atoms with Crippen LogP contribution < -0.4 is 0 Å². The smallest absolute Gasteiger partial charge is 0.384 e. The molecule has 1 aromatic heterocycles. The van der Waals surface area contributed by atoms with Gasteiger partial charge in [-0.05, 0) is 24.6 Å². The van der Waals surface area contributed by atoms with Crippen molar-refractivity contribution in [3.05, 3.63) is 50.4 Å². The lowest BCUT2D eigenvalue weighted by Crippen LogP contribution is -2.22. The molecule has 2 rings (SSSR count). The van der Waals surface area contributed by atoms with Gasteiger partial charge in [-0.25, -0.2) is 4.98 Å². The SMILES string of the molecule is CC(O)(Cc1ccc(Br)cc1)c1cnc(C(F)(F)F)s1. The summed E-state index contributed by atoms with van der Waals surface area (Å²) >= 11 is 3.77. The highest BCUT2D eigenvalue weighted by Gasteiger charge is 2.37. The Morgan fingerprint density at radius 1 is 1.25 bits per heavy atom. The van der Waals surface area contributed by atoms with Crippen LogP contribution in [0.2, 0.25) is 0 Å². The van der Waals surface area contributed by atoms with Gasteiger partial charge in [0.1, 0.15) is 5.60 Å². The quantitative estimate of drug-likeness (QED) is 0.875. The number of alkyl halides is 3. The maximum absolute atomic E-state index is 12.5. The molecule has 2 aromatic rings. The van der Waals surface area contributed by atoms with Crippen molar-refractivity contribution in [1.29, 1.82) is 0 Å². The summed E-state index contributed by atoms with van der Waals surface area (Å²) in [6.45, 7) is 1.49. The molecule has 1 aromatic carbocycles.